The van der Waals surface area contributed by atoms with Crippen LogP contribution in [0.15, 0.2) is 18.2 Å². The van der Waals surface area contributed by atoms with Crippen molar-refractivity contribution in [3.63, 3.8) is 0 Å². The summed E-state index contributed by atoms with van der Waals surface area (Å²) in [7, 11) is 0. The summed E-state index contributed by atoms with van der Waals surface area (Å²) >= 11 is 6.18. The minimum Gasteiger partial charge on any atom is -0.339 e. The lowest BCUT2D eigenvalue weighted by Crippen LogP contribution is -2.52. The summed E-state index contributed by atoms with van der Waals surface area (Å²) in [5.74, 6) is -0.164. The predicted octanol–water partition coefficient (Wildman–Crippen LogP) is 1.91. The average molecular weight is 298 g/mol. The Bertz CT molecular complexity index is 539. The molecule has 0 radical (unpaired) electrons. The maximum Gasteiger partial charge on any atom is 0.221 e. The van der Waals surface area contributed by atoms with Crippen molar-refractivity contribution < 1.29 is 9.18 Å². The molecule has 2 fully saturated rings. The van der Waals surface area contributed by atoms with Crippen molar-refractivity contribution in [2.24, 2.45) is 5.92 Å². The van der Waals surface area contributed by atoms with Gasteiger partial charge in [-0.1, -0.05) is 24.6 Å². The minimum atomic E-state index is -0.356. The molecule has 20 heavy (non-hydrogen) atoms. The first-order chi connectivity index (χ1) is 9.60. The highest BCUT2D eigenvalue weighted by Crippen LogP contribution is 2.40. The number of rotatable bonds is 2. The Morgan fingerprint density at radius 2 is 2.20 bits per heavy atom. The fraction of sp³-hybridized carbons (Fsp3) is 0.500. The number of piperidine rings is 1. The lowest BCUT2D eigenvalue weighted by atomic mass is 9.75. The van der Waals surface area contributed by atoms with E-state index in [-0.39, 0.29) is 35.8 Å². The number of hydrazine groups is 1. The van der Waals surface area contributed by atoms with Crippen molar-refractivity contribution in [3.05, 3.63) is 34.6 Å². The standard InChI is InChI=1S/C14H17ClFN3O/c1-2-11-13-9(6-12(20)17-14(13)19-18-11)8-4-3-7(16)5-10(8)15/h3-5,9,11,13-14,18-19H,2,6H2,1H3,(H,17,20). The molecule has 3 N–H and O–H groups in total. The minimum absolute atomic E-state index is 0.00528. The van der Waals surface area contributed by atoms with Crippen LogP contribution in [0.25, 0.3) is 0 Å². The second-order valence-corrected chi connectivity index (χ2v) is 5.81. The van der Waals surface area contributed by atoms with Gasteiger partial charge in [0.2, 0.25) is 5.91 Å². The van der Waals surface area contributed by atoms with Crippen LogP contribution in [0, 0.1) is 11.7 Å². The van der Waals surface area contributed by atoms with Gasteiger partial charge in [0.1, 0.15) is 5.82 Å². The Labute approximate surface area is 122 Å². The second kappa shape index (κ2) is 5.31. The SMILES string of the molecule is CCC1NNC2NC(=O)CC(c3ccc(F)cc3Cl)C12. The largest absolute Gasteiger partial charge is 0.339 e. The lowest BCUT2D eigenvalue weighted by Gasteiger charge is -2.36. The summed E-state index contributed by atoms with van der Waals surface area (Å²) < 4.78 is 13.2. The van der Waals surface area contributed by atoms with E-state index >= 15 is 0 Å². The topological polar surface area (TPSA) is 53.2 Å². The van der Waals surface area contributed by atoms with Gasteiger partial charge in [0.15, 0.2) is 0 Å². The monoisotopic (exact) mass is 297 g/mol. The molecule has 0 aromatic heterocycles. The molecule has 0 aliphatic carbocycles. The molecule has 2 heterocycles. The third kappa shape index (κ3) is 2.30. The third-order valence-corrected chi connectivity index (χ3v) is 4.59. The molecule has 4 unspecified atom stereocenters. The van der Waals surface area contributed by atoms with E-state index in [1.807, 2.05) is 0 Å². The molecule has 6 heteroatoms. The van der Waals surface area contributed by atoms with E-state index < -0.39 is 0 Å². The normalized spacial score (nSPS) is 32.9. The van der Waals surface area contributed by atoms with Crippen LogP contribution in [0.4, 0.5) is 4.39 Å². The number of carbonyl (C=O) groups excluding carboxylic acids is 1. The van der Waals surface area contributed by atoms with Crippen LogP contribution in [0.3, 0.4) is 0 Å². The number of benzene rings is 1. The second-order valence-electron chi connectivity index (χ2n) is 5.40. The number of hydrogen-bond acceptors (Lipinski definition) is 3. The number of fused-ring (bicyclic) bond motifs is 1. The molecule has 108 valence electrons. The van der Waals surface area contributed by atoms with Gasteiger partial charge >= 0.3 is 0 Å². The maximum atomic E-state index is 13.2. The highest BCUT2D eigenvalue weighted by Gasteiger charge is 2.45. The highest BCUT2D eigenvalue weighted by molar-refractivity contribution is 6.31. The van der Waals surface area contributed by atoms with Gasteiger partial charge in [0.05, 0.1) is 6.17 Å². The van der Waals surface area contributed by atoms with Crippen LogP contribution in [-0.2, 0) is 4.79 Å². The number of carbonyl (C=O) groups is 1. The number of nitrogens with one attached hydrogen (secondary N) is 3. The van der Waals surface area contributed by atoms with E-state index in [0.29, 0.717) is 11.4 Å². The van der Waals surface area contributed by atoms with E-state index in [1.54, 1.807) is 6.07 Å². The molecule has 0 bridgehead atoms. The Morgan fingerprint density at radius 1 is 1.40 bits per heavy atom. The Morgan fingerprint density at radius 3 is 2.90 bits per heavy atom. The van der Waals surface area contributed by atoms with Crippen molar-refractivity contribution in [3.8, 4) is 0 Å². The van der Waals surface area contributed by atoms with Crippen LogP contribution in [0.1, 0.15) is 31.2 Å². The van der Waals surface area contributed by atoms with Gasteiger partial charge in [0.25, 0.3) is 0 Å². The number of amides is 1. The van der Waals surface area contributed by atoms with Crippen molar-refractivity contribution in [1.82, 2.24) is 16.2 Å². The van der Waals surface area contributed by atoms with Crippen molar-refractivity contribution in [2.75, 3.05) is 0 Å². The molecular weight excluding hydrogens is 281 g/mol. The Hall–Kier alpha value is -1.17. The first-order valence-electron chi connectivity index (χ1n) is 6.85. The Balaban J connectivity index is 1.98. The summed E-state index contributed by atoms with van der Waals surface area (Å²) in [6, 6.07) is 4.67. The summed E-state index contributed by atoms with van der Waals surface area (Å²) in [6.07, 6.45) is 1.22. The van der Waals surface area contributed by atoms with Crippen molar-refractivity contribution in [2.45, 2.75) is 37.9 Å². The molecule has 3 rings (SSSR count). The van der Waals surface area contributed by atoms with Crippen LogP contribution < -0.4 is 16.2 Å². The Kier molecular flexibility index (Phi) is 3.67. The van der Waals surface area contributed by atoms with Gasteiger partial charge in [-0.2, -0.15) is 0 Å². The quantitative estimate of drug-likeness (QED) is 0.782. The van der Waals surface area contributed by atoms with Gasteiger partial charge in [-0.25, -0.2) is 9.82 Å². The molecule has 2 aliphatic heterocycles. The summed E-state index contributed by atoms with van der Waals surface area (Å²) in [5.41, 5.74) is 7.19. The van der Waals surface area contributed by atoms with Gasteiger partial charge in [-0.3, -0.25) is 10.2 Å². The molecule has 4 atom stereocenters. The molecule has 4 nitrogen and oxygen atoms in total. The predicted molar refractivity (Wildman–Crippen MR) is 74.5 cm³/mol. The number of hydrogen-bond donors (Lipinski definition) is 3. The van der Waals surface area contributed by atoms with Crippen molar-refractivity contribution >= 4 is 17.5 Å². The van der Waals surface area contributed by atoms with Gasteiger partial charge in [-0.15, -0.1) is 0 Å². The third-order valence-electron chi connectivity index (χ3n) is 4.26. The molecule has 2 saturated heterocycles. The lowest BCUT2D eigenvalue weighted by molar-refractivity contribution is -0.125. The molecule has 2 aliphatic rings. The van der Waals surface area contributed by atoms with Crippen LogP contribution in [0.5, 0.6) is 0 Å². The molecule has 1 aromatic carbocycles. The van der Waals surface area contributed by atoms with E-state index in [0.717, 1.165) is 12.0 Å². The zero-order valence-electron chi connectivity index (χ0n) is 11.1. The number of halogens is 2. The zero-order valence-corrected chi connectivity index (χ0v) is 11.9. The van der Waals surface area contributed by atoms with E-state index in [9.17, 15) is 9.18 Å². The molecule has 0 spiro atoms. The van der Waals surface area contributed by atoms with Crippen LogP contribution >= 0.6 is 11.6 Å². The summed E-state index contributed by atoms with van der Waals surface area (Å²) in [6.45, 7) is 2.10. The van der Waals surface area contributed by atoms with Gasteiger partial charge < -0.3 is 5.32 Å². The zero-order chi connectivity index (χ0) is 14.3. The van der Waals surface area contributed by atoms with Crippen LogP contribution in [-0.4, -0.2) is 18.1 Å². The average Bonchev–Trinajstić information content (AvgIpc) is 2.80. The molecule has 1 aromatic rings. The summed E-state index contributed by atoms with van der Waals surface area (Å²) in [5, 5.41) is 3.34. The highest BCUT2D eigenvalue weighted by atomic mass is 35.5. The van der Waals surface area contributed by atoms with Gasteiger partial charge in [-0.05, 0) is 24.1 Å². The smallest absolute Gasteiger partial charge is 0.221 e. The first-order valence-corrected chi connectivity index (χ1v) is 7.23. The summed E-state index contributed by atoms with van der Waals surface area (Å²) in [4.78, 5) is 11.9. The fourth-order valence-corrected chi connectivity index (χ4v) is 3.64. The first kappa shape index (κ1) is 13.8. The van der Waals surface area contributed by atoms with E-state index in [4.69, 9.17) is 11.6 Å². The van der Waals surface area contributed by atoms with E-state index in [2.05, 4.69) is 23.1 Å². The maximum absolute atomic E-state index is 13.2. The molecule has 0 saturated carbocycles. The molecular formula is C14H17ClFN3O. The fourth-order valence-electron chi connectivity index (χ4n) is 3.33. The van der Waals surface area contributed by atoms with Crippen LogP contribution in [0.2, 0.25) is 5.02 Å². The van der Waals surface area contributed by atoms with E-state index in [1.165, 1.54) is 12.1 Å². The van der Waals surface area contributed by atoms with Crippen molar-refractivity contribution in [1.29, 1.82) is 0 Å². The molecule has 1 amide bonds. The van der Waals surface area contributed by atoms with Gasteiger partial charge in [0, 0.05) is 29.3 Å².